The Hall–Kier alpha value is -1.88. The fourth-order valence-corrected chi connectivity index (χ4v) is 2.04. The second kappa shape index (κ2) is 7.05. The third-order valence-corrected chi connectivity index (χ3v) is 3.08. The molecule has 0 radical (unpaired) electrons. The molecule has 0 bridgehead atoms. The maximum atomic E-state index is 13.8. The Kier molecular flexibility index (Phi) is 5.12. The van der Waals surface area contributed by atoms with Crippen LogP contribution in [0.25, 0.3) is 0 Å². The summed E-state index contributed by atoms with van der Waals surface area (Å²) in [4.78, 5) is 7.95. The van der Waals surface area contributed by atoms with Crippen molar-refractivity contribution in [1.82, 2.24) is 15.3 Å². The van der Waals surface area contributed by atoms with Gasteiger partial charge in [-0.25, -0.2) is 18.7 Å². The largest absolute Gasteiger partial charge is 0.310 e. The van der Waals surface area contributed by atoms with Gasteiger partial charge >= 0.3 is 0 Å². The summed E-state index contributed by atoms with van der Waals surface area (Å²) in [5.74, 6) is -1.60. The van der Waals surface area contributed by atoms with E-state index in [1.807, 2.05) is 6.92 Å². The average Bonchev–Trinajstić information content (AvgIpc) is 2.48. The van der Waals surface area contributed by atoms with Gasteiger partial charge in [-0.1, -0.05) is 19.1 Å². The van der Waals surface area contributed by atoms with Gasteiger partial charge in [0.1, 0.15) is 6.33 Å². The number of hydrogen-bond donors (Lipinski definition) is 1. The van der Waals surface area contributed by atoms with Crippen LogP contribution in [0.3, 0.4) is 0 Å². The first-order valence-electron chi connectivity index (χ1n) is 6.63. The molecule has 0 aliphatic heterocycles. The molecule has 5 heteroatoms. The van der Waals surface area contributed by atoms with Crippen LogP contribution in [0, 0.1) is 11.6 Å². The Labute approximate surface area is 117 Å². The van der Waals surface area contributed by atoms with Crippen LogP contribution in [0.1, 0.15) is 30.5 Å². The summed E-state index contributed by atoms with van der Waals surface area (Å²) in [6.07, 6.45) is 6.14. The van der Waals surface area contributed by atoms with E-state index in [0.717, 1.165) is 24.6 Å². The molecule has 0 saturated heterocycles. The lowest BCUT2D eigenvalue weighted by atomic mass is 10.0. The van der Waals surface area contributed by atoms with Crippen LogP contribution in [-0.4, -0.2) is 16.5 Å². The normalized spacial score (nSPS) is 12.3. The molecule has 1 N–H and O–H groups in total. The number of rotatable bonds is 6. The quantitative estimate of drug-likeness (QED) is 0.882. The summed E-state index contributed by atoms with van der Waals surface area (Å²) >= 11 is 0. The standard InChI is InChI=1S/C15H17F2N3/c1-2-6-20-14(12-8-18-10-19-9-12)7-11-4-3-5-13(16)15(11)17/h3-5,8-10,14,20H,2,6-7H2,1H3. The highest BCUT2D eigenvalue weighted by atomic mass is 19.2. The van der Waals surface area contributed by atoms with Gasteiger partial charge in [0, 0.05) is 24.0 Å². The number of nitrogens with zero attached hydrogens (tertiary/aromatic N) is 2. The van der Waals surface area contributed by atoms with Gasteiger partial charge in [0.15, 0.2) is 11.6 Å². The van der Waals surface area contributed by atoms with Crippen LogP contribution >= 0.6 is 0 Å². The van der Waals surface area contributed by atoms with Crippen molar-refractivity contribution in [2.75, 3.05) is 6.54 Å². The lowest BCUT2D eigenvalue weighted by molar-refractivity contribution is 0.476. The van der Waals surface area contributed by atoms with Gasteiger partial charge in [0.05, 0.1) is 0 Å². The highest BCUT2D eigenvalue weighted by Gasteiger charge is 2.16. The van der Waals surface area contributed by atoms with Crippen molar-refractivity contribution in [3.8, 4) is 0 Å². The van der Waals surface area contributed by atoms with Gasteiger partial charge < -0.3 is 5.32 Å². The zero-order valence-electron chi connectivity index (χ0n) is 11.3. The fraction of sp³-hybridized carbons (Fsp3) is 0.333. The molecule has 1 aromatic heterocycles. The van der Waals surface area contributed by atoms with E-state index >= 15 is 0 Å². The molecule has 0 aliphatic rings. The average molecular weight is 277 g/mol. The molecule has 2 rings (SSSR count). The summed E-state index contributed by atoms with van der Waals surface area (Å²) in [7, 11) is 0. The second-order valence-corrected chi connectivity index (χ2v) is 4.60. The number of benzene rings is 1. The fourth-order valence-electron chi connectivity index (χ4n) is 2.04. The zero-order chi connectivity index (χ0) is 14.4. The Bertz CT molecular complexity index is 546. The SMILES string of the molecule is CCCNC(Cc1cccc(F)c1F)c1cncnc1. The van der Waals surface area contributed by atoms with Crippen molar-refractivity contribution < 1.29 is 8.78 Å². The minimum Gasteiger partial charge on any atom is -0.310 e. The van der Waals surface area contributed by atoms with Crippen LogP contribution in [0.2, 0.25) is 0 Å². The minimum absolute atomic E-state index is 0.132. The van der Waals surface area contributed by atoms with Gasteiger partial charge in [-0.3, -0.25) is 0 Å². The molecule has 1 unspecified atom stereocenters. The maximum Gasteiger partial charge on any atom is 0.162 e. The molecule has 3 nitrogen and oxygen atoms in total. The molecular formula is C15H17F2N3. The molecule has 0 aliphatic carbocycles. The van der Waals surface area contributed by atoms with Crippen molar-refractivity contribution >= 4 is 0 Å². The molecule has 1 atom stereocenters. The first-order chi connectivity index (χ1) is 9.72. The summed E-state index contributed by atoms with van der Waals surface area (Å²) in [5, 5.41) is 3.31. The van der Waals surface area contributed by atoms with Gasteiger partial charge in [-0.2, -0.15) is 0 Å². The van der Waals surface area contributed by atoms with Crippen molar-refractivity contribution in [1.29, 1.82) is 0 Å². The predicted molar refractivity (Wildman–Crippen MR) is 73.1 cm³/mol. The molecule has 0 amide bonds. The summed E-state index contributed by atoms with van der Waals surface area (Å²) in [5.41, 5.74) is 1.21. The molecule has 1 aromatic carbocycles. The Morgan fingerprint density at radius 1 is 1.20 bits per heavy atom. The maximum absolute atomic E-state index is 13.8. The molecule has 106 valence electrons. The van der Waals surface area contributed by atoms with Crippen molar-refractivity contribution in [3.05, 3.63) is 59.7 Å². The lowest BCUT2D eigenvalue weighted by Gasteiger charge is -2.18. The Balaban J connectivity index is 2.21. The molecule has 0 fully saturated rings. The van der Waals surface area contributed by atoms with Gasteiger partial charge in [0.25, 0.3) is 0 Å². The summed E-state index contributed by atoms with van der Waals surface area (Å²) in [6.45, 7) is 2.84. The molecule has 2 aromatic rings. The smallest absolute Gasteiger partial charge is 0.162 e. The molecule has 0 saturated carbocycles. The second-order valence-electron chi connectivity index (χ2n) is 4.60. The Morgan fingerprint density at radius 2 is 1.95 bits per heavy atom. The van der Waals surface area contributed by atoms with Crippen LogP contribution < -0.4 is 5.32 Å². The van der Waals surface area contributed by atoms with Gasteiger partial charge in [-0.15, -0.1) is 0 Å². The van der Waals surface area contributed by atoms with Crippen LogP contribution in [-0.2, 0) is 6.42 Å². The van der Waals surface area contributed by atoms with E-state index in [2.05, 4.69) is 15.3 Å². The third-order valence-electron chi connectivity index (χ3n) is 3.08. The number of aromatic nitrogens is 2. The van der Waals surface area contributed by atoms with E-state index in [0.29, 0.717) is 12.0 Å². The van der Waals surface area contributed by atoms with Gasteiger partial charge in [-0.05, 0) is 31.0 Å². The highest BCUT2D eigenvalue weighted by molar-refractivity contribution is 5.22. The van der Waals surface area contributed by atoms with Crippen LogP contribution in [0.4, 0.5) is 8.78 Å². The van der Waals surface area contributed by atoms with E-state index in [-0.39, 0.29) is 6.04 Å². The van der Waals surface area contributed by atoms with Crippen LogP contribution in [0.5, 0.6) is 0 Å². The molecular weight excluding hydrogens is 260 g/mol. The van der Waals surface area contributed by atoms with Crippen LogP contribution in [0.15, 0.2) is 36.9 Å². The van der Waals surface area contributed by atoms with E-state index < -0.39 is 11.6 Å². The summed E-state index contributed by atoms with van der Waals surface area (Å²) < 4.78 is 27.0. The molecule has 0 spiro atoms. The van der Waals surface area contributed by atoms with Crippen molar-refractivity contribution in [3.63, 3.8) is 0 Å². The first-order valence-corrected chi connectivity index (χ1v) is 6.63. The highest BCUT2D eigenvalue weighted by Crippen LogP contribution is 2.20. The third kappa shape index (κ3) is 3.57. The van der Waals surface area contributed by atoms with E-state index in [1.165, 1.54) is 12.4 Å². The van der Waals surface area contributed by atoms with E-state index in [1.54, 1.807) is 18.5 Å². The van der Waals surface area contributed by atoms with E-state index in [4.69, 9.17) is 0 Å². The first kappa shape index (κ1) is 14.5. The lowest BCUT2D eigenvalue weighted by Crippen LogP contribution is -2.24. The molecule has 20 heavy (non-hydrogen) atoms. The monoisotopic (exact) mass is 277 g/mol. The van der Waals surface area contributed by atoms with Gasteiger partial charge in [0.2, 0.25) is 0 Å². The predicted octanol–water partition coefficient (Wildman–Crippen LogP) is 3.04. The van der Waals surface area contributed by atoms with Crippen molar-refractivity contribution in [2.24, 2.45) is 0 Å². The van der Waals surface area contributed by atoms with E-state index in [9.17, 15) is 8.78 Å². The number of nitrogens with one attached hydrogen (secondary N) is 1. The number of hydrogen-bond acceptors (Lipinski definition) is 3. The molecule has 1 heterocycles. The number of halogens is 2. The van der Waals surface area contributed by atoms with Crippen molar-refractivity contribution in [2.45, 2.75) is 25.8 Å². The minimum atomic E-state index is -0.818. The topological polar surface area (TPSA) is 37.8 Å². The Morgan fingerprint density at radius 3 is 2.65 bits per heavy atom. The summed E-state index contributed by atoms with van der Waals surface area (Å²) in [6, 6.07) is 4.11. The zero-order valence-corrected chi connectivity index (χ0v) is 11.3.